The zero-order valence-electron chi connectivity index (χ0n) is 10.9. The van der Waals surface area contributed by atoms with Crippen molar-refractivity contribution < 1.29 is 4.57 Å². The molecule has 0 atom stereocenters. The Morgan fingerprint density at radius 2 is 1.70 bits per heavy atom. The lowest BCUT2D eigenvalue weighted by atomic mass is 10.2. The molecule has 96 valence electrons. The summed E-state index contributed by atoms with van der Waals surface area (Å²) in [7, 11) is 0. The normalized spacial score (nSPS) is 11.2. The Bertz CT molecular complexity index is 862. The van der Waals surface area contributed by atoms with Crippen LogP contribution in [0.4, 0.5) is 0 Å². The summed E-state index contributed by atoms with van der Waals surface area (Å²) in [5.74, 6) is 0. The minimum Gasteiger partial charge on any atom is -0.234 e. The van der Waals surface area contributed by atoms with Crippen molar-refractivity contribution in [2.45, 2.75) is 6.54 Å². The van der Waals surface area contributed by atoms with E-state index in [2.05, 4.69) is 70.5 Å². The maximum atomic E-state index is 4.69. The number of nitrogens with zero attached hydrogens (tertiary/aromatic N) is 2. The Balaban J connectivity index is 1.72. The van der Waals surface area contributed by atoms with Crippen molar-refractivity contribution in [2.24, 2.45) is 0 Å². The smallest absolute Gasteiger partial charge is 0.199 e. The molecule has 0 bridgehead atoms. The van der Waals surface area contributed by atoms with Gasteiger partial charge in [-0.1, -0.05) is 30.3 Å². The number of thiazole rings is 1. The molecule has 4 rings (SSSR count). The minimum atomic E-state index is 0.824. The van der Waals surface area contributed by atoms with E-state index in [-0.39, 0.29) is 0 Å². The maximum absolute atomic E-state index is 4.69. The molecule has 0 aliphatic heterocycles. The fourth-order valence-corrected chi connectivity index (χ4v) is 3.40. The fraction of sp³-hybridized carbons (Fsp3) is 0.0588. The van der Waals surface area contributed by atoms with E-state index < -0.39 is 0 Å². The molecule has 0 N–H and O–H groups in total. The molecule has 0 fully saturated rings. The molecule has 2 nitrogen and oxygen atoms in total. The molecule has 0 aliphatic rings. The molecule has 0 saturated heterocycles. The first-order chi connectivity index (χ1) is 9.88. The number of aromatic nitrogens is 2. The Labute approximate surface area is 121 Å². The largest absolute Gasteiger partial charge is 0.234 e. The second-order valence-electron chi connectivity index (χ2n) is 4.82. The van der Waals surface area contributed by atoms with Gasteiger partial charge in [0.15, 0.2) is 23.9 Å². The van der Waals surface area contributed by atoms with E-state index >= 15 is 0 Å². The van der Waals surface area contributed by atoms with E-state index in [0.29, 0.717) is 0 Å². The summed E-state index contributed by atoms with van der Waals surface area (Å²) in [6.07, 6.45) is 4.30. The molecule has 20 heavy (non-hydrogen) atoms. The lowest BCUT2D eigenvalue weighted by Gasteiger charge is -1.97. The van der Waals surface area contributed by atoms with Gasteiger partial charge in [-0.2, -0.15) is 4.57 Å². The predicted octanol–water partition coefficient (Wildman–Crippen LogP) is 3.79. The summed E-state index contributed by atoms with van der Waals surface area (Å²) < 4.78 is 3.45. The van der Waals surface area contributed by atoms with Gasteiger partial charge in [0.05, 0.1) is 10.2 Å². The molecule has 0 spiro atoms. The van der Waals surface area contributed by atoms with Crippen LogP contribution in [-0.4, -0.2) is 4.98 Å². The molecular formula is C17H13N2S+. The van der Waals surface area contributed by atoms with Crippen molar-refractivity contribution in [3.63, 3.8) is 0 Å². The van der Waals surface area contributed by atoms with Crippen LogP contribution >= 0.6 is 11.3 Å². The molecule has 3 heteroatoms. The average Bonchev–Trinajstić information content (AvgIpc) is 2.89. The van der Waals surface area contributed by atoms with Crippen LogP contribution < -0.4 is 4.57 Å². The summed E-state index contributed by atoms with van der Waals surface area (Å²) >= 11 is 1.77. The van der Waals surface area contributed by atoms with Crippen molar-refractivity contribution in [1.29, 1.82) is 0 Å². The number of hydrogen-bond acceptors (Lipinski definition) is 2. The van der Waals surface area contributed by atoms with Crippen molar-refractivity contribution in [1.82, 2.24) is 4.98 Å². The quantitative estimate of drug-likeness (QED) is 0.509. The lowest BCUT2D eigenvalue weighted by Crippen LogP contribution is -2.33. The van der Waals surface area contributed by atoms with Crippen molar-refractivity contribution >= 4 is 32.3 Å². The Hall–Kier alpha value is -2.26. The van der Waals surface area contributed by atoms with E-state index in [9.17, 15) is 0 Å². The highest BCUT2D eigenvalue weighted by Crippen LogP contribution is 2.21. The van der Waals surface area contributed by atoms with Crippen molar-refractivity contribution in [2.75, 3.05) is 0 Å². The second kappa shape index (κ2) is 4.69. The number of hydrogen-bond donors (Lipinski definition) is 0. The first kappa shape index (κ1) is 11.6. The van der Waals surface area contributed by atoms with Gasteiger partial charge in [0, 0.05) is 11.5 Å². The van der Waals surface area contributed by atoms with Gasteiger partial charge >= 0.3 is 0 Å². The third kappa shape index (κ3) is 2.06. The van der Waals surface area contributed by atoms with Gasteiger partial charge < -0.3 is 0 Å². The Morgan fingerprint density at radius 1 is 0.900 bits per heavy atom. The van der Waals surface area contributed by atoms with Gasteiger partial charge in [-0.05, 0) is 23.6 Å². The van der Waals surface area contributed by atoms with Crippen molar-refractivity contribution in [3.05, 3.63) is 72.0 Å². The maximum Gasteiger partial charge on any atom is 0.199 e. The lowest BCUT2D eigenvalue weighted by molar-refractivity contribution is -0.687. The van der Waals surface area contributed by atoms with Crippen molar-refractivity contribution in [3.8, 4) is 0 Å². The van der Waals surface area contributed by atoms with Gasteiger partial charge in [0.25, 0.3) is 0 Å². The van der Waals surface area contributed by atoms with E-state index in [1.165, 1.54) is 15.5 Å². The van der Waals surface area contributed by atoms with Gasteiger partial charge in [-0.3, -0.25) is 0 Å². The van der Waals surface area contributed by atoms with Gasteiger partial charge in [0.2, 0.25) is 0 Å². The van der Waals surface area contributed by atoms with Gasteiger partial charge in [-0.15, -0.1) is 11.3 Å². The van der Waals surface area contributed by atoms with Crippen LogP contribution in [0.15, 0.2) is 67.0 Å². The summed E-state index contributed by atoms with van der Waals surface area (Å²) in [4.78, 5) is 4.69. The first-order valence-corrected chi connectivity index (χ1v) is 7.42. The topological polar surface area (TPSA) is 16.8 Å². The van der Waals surface area contributed by atoms with Gasteiger partial charge in [-0.25, -0.2) is 4.98 Å². The van der Waals surface area contributed by atoms with Crippen LogP contribution in [-0.2, 0) is 6.54 Å². The Morgan fingerprint density at radius 3 is 2.60 bits per heavy atom. The molecule has 0 unspecified atom stereocenters. The molecule has 2 aromatic carbocycles. The zero-order chi connectivity index (χ0) is 13.4. The van der Waals surface area contributed by atoms with Crippen LogP contribution in [0.25, 0.3) is 21.0 Å². The fourth-order valence-electron chi connectivity index (χ4n) is 2.42. The molecule has 0 radical (unpaired) electrons. The van der Waals surface area contributed by atoms with Crippen LogP contribution in [0, 0.1) is 0 Å². The Kier molecular flexibility index (Phi) is 2.71. The highest BCUT2D eigenvalue weighted by atomic mass is 32.1. The minimum absolute atomic E-state index is 0.824. The van der Waals surface area contributed by atoms with Crippen LogP contribution in [0.3, 0.4) is 0 Å². The molecule has 4 aromatic rings. The number of fused-ring (bicyclic) bond motifs is 2. The molecule has 0 amide bonds. The van der Waals surface area contributed by atoms with E-state index in [4.69, 9.17) is 0 Å². The summed E-state index contributed by atoms with van der Waals surface area (Å²) in [5, 5.41) is 3.68. The van der Waals surface area contributed by atoms with E-state index in [1.54, 1.807) is 11.3 Å². The monoisotopic (exact) mass is 277 g/mol. The predicted molar refractivity (Wildman–Crippen MR) is 82.9 cm³/mol. The SMILES string of the molecule is c1ccc2c[n+](Cc3nc4ccccc4s3)ccc2c1. The molecule has 2 aromatic heterocycles. The summed E-state index contributed by atoms with van der Waals surface area (Å²) in [5.41, 5.74) is 1.09. The van der Waals surface area contributed by atoms with Crippen LogP contribution in [0.1, 0.15) is 5.01 Å². The highest BCUT2D eigenvalue weighted by molar-refractivity contribution is 7.18. The number of pyridine rings is 1. The second-order valence-corrected chi connectivity index (χ2v) is 5.94. The molecule has 0 aliphatic carbocycles. The first-order valence-electron chi connectivity index (χ1n) is 6.61. The summed E-state index contributed by atoms with van der Waals surface area (Å²) in [6, 6.07) is 18.9. The van der Waals surface area contributed by atoms with Gasteiger partial charge in [0.1, 0.15) is 0 Å². The number of para-hydroxylation sites is 1. The number of rotatable bonds is 2. The third-order valence-electron chi connectivity index (χ3n) is 3.40. The standard InChI is InChI=1S/C17H13N2S/c1-2-6-14-11-19(10-9-13(14)5-1)12-17-18-15-7-3-4-8-16(15)20-17/h1-11H,12H2/q+1. The highest BCUT2D eigenvalue weighted by Gasteiger charge is 2.09. The zero-order valence-corrected chi connectivity index (χ0v) is 11.7. The average molecular weight is 277 g/mol. The molecule has 0 saturated carbocycles. The molecular weight excluding hydrogens is 264 g/mol. The van der Waals surface area contributed by atoms with E-state index in [0.717, 1.165) is 17.1 Å². The van der Waals surface area contributed by atoms with Crippen LogP contribution in [0.5, 0.6) is 0 Å². The van der Waals surface area contributed by atoms with E-state index in [1.807, 2.05) is 6.07 Å². The third-order valence-corrected chi connectivity index (χ3v) is 4.42. The number of benzene rings is 2. The van der Waals surface area contributed by atoms with Crippen LogP contribution in [0.2, 0.25) is 0 Å². The summed E-state index contributed by atoms with van der Waals surface area (Å²) in [6.45, 7) is 0.824. The molecule has 2 heterocycles.